The second-order valence-electron chi connectivity index (χ2n) is 2.66. The summed E-state index contributed by atoms with van der Waals surface area (Å²) in [4.78, 5) is 21.3. The van der Waals surface area contributed by atoms with Crippen molar-refractivity contribution in [2.75, 3.05) is 6.61 Å². The first-order valence-electron chi connectivity index (χ1n) is 4.05. The monoisotopic (exact) mass is 320 g/mol. The number of ether oxygens (including phenoxy) is 1. The van der Waals surface area contributed by atoms with Gasteiger partial charge in [-0.25, -0.2) is 4.79 Å². The SMILES string of the molecule is NC(=O)NC(=O)COc1ccc(I)cc1. The van der Waals surface area contributed by atoms with E-state index in [1.54, 1.807) is 12.1 Å². The molecule has 0 saturated carbocycles. The smallest absolute Gasteiger partial charge is 0.318 e. The number of hydrogen-bond donors (Lipinski definition) is 2. The third-order valence-corrected chi connectivity index (χ3v) is 2.17. The number of primary amides is 1. The predicted octanol–water partition coefficient (Wildman–Crippen LogP) is 0.865. The third-order valence-electron chi connectivity index (χ3n) is 1.45. The van der Waals surface area contributed by atoms with E-state index in [0.717, 1.165) is 3.57 Å². The Morgan fingerprint density at radius 3 is 2.47 bits per heavy atom. The van der Waals surface area contributed by atoms with Gasteiger partial charge in [-0.3, -0.25) is 10.1 Å². The van der Waals surface area contributed by atoms with E-state index >= 15 is 0 Å². The lowest BCUT2D eigenvalue weighted by Crippen LogP contribution is -2.38. The molecule has 0 heterocycles. The lowest BCUT2D eigenvalue weighted by atomic mass is 10.3. The van der Waals surface area contributed by atoms with Crippen molar-refractivity contribution in [2.24, 2.45) is 5.73 Å². The summed E-state index contributed by atoms with van der Waals surface area (Å²) in [6.45, 7) is -0.233. The zero-order chi connectivity index (χ0) is 11.3. The zero-order valence-electron chi connectivity index (χ0n) is 7.70. The summed E-state index contributed by atoms with van der Waals surface area (Å²) in [5, 5.41) is 1.90. The summed E-state index contributed by atoms with van der Waals surface area (Å²) in [5.41, 5.74) is 4.75. The summed E-state index contributed by atoms with van der Waals surface area (Å²) in [7, 11) is 0. The largest absolute Gasteiger partial charge is 0.484 e. The van der Waals surface area contributed by atoms with Gasteiger partial charge in [0.25, 0.3) is 5.91 Å². The van der Waals surface area contributed by atoms with E-state index in [9.17, 15) is 9.59 Å². The summed E-state index contributed by atoms with van der Waals surface area (Å²) in [6.07, 6.45) is 0. The molecule has 5 nitrogen and oxygen atoms in total. The van der Waals surface area contributed by atoms with Crippen molar-refractivity contribution in [2.45, 2.75) is 0 Å². The van der Waals surface area contributed by atoms with Gasteiger partial charge in [-0.1, -0.05) is 0 Å². The van der Waals surface area contributed by atoms with Crippen molar-refractivity contribution in [3.05, 3.63) is 27.8 Å². The molecule has 1 aromatic carbocycles. The van der Waals surface area contributed by atoms with E-state index < -0.39 is 11.9 Å². The molecule has 0 unspecified atom stereocenters. The number of amides is 3. The zero-order valence-corrected chi connectivity index (χ0v) is 9.85. The van der Waals surface area contributed by atoms with E-state index in [0.29, 0.717) is 5.75 Å². The van der Waals surface area contributed by atoms with Gasteiger partial charge in [0.05, 0.1) is 0 Å². The predicted molar refractivity (Wildman–Crippen MR) is 62.4 cm³/mol. The molecule has 0 spiro atoms. The maximum absolute atomic E-state index is 11.0. The molecule has 0 fully saturated rings. The number of nitrogens with two attached hydrogens (primary N) is 1. The van der Waals surface area contributed by atoms with Crippen LogP contribution in [0.15, 0.2) is 24.3 Å². The molecule has 0 aromatic heterocycles. The van der Waals surface area contributed by atoms with Crippen LogP contribution in [0, 0.1) is 3.57 Å². The van der Waals surface area contributed by atoms with Gasteiger partial charge < -0.3 is 10.5 Å². The highest BCUT2D eigenvalue weighted by atomic mass is 127. The Hall–Kier alpha value is -1.31. The van der Waals surface area contributed by atoms with Crippen LogP contribution in [-0.4, -0.2) is 18.5 Å². The highest BCUT2D eigenvalue weighted by Crippen LogP contribution is 2.12. The van der Waals surface area contributed by atoms with Gasteiger partial charge >= 0.3 is 6.03 Å². The number of rotatable bonds is 3. The number of hydrogen-bond acceptors (Lipinski definition) is 3. The van der Waals surface area contributed by atoms with Gasteiger partial charge in [0.1, 0.15) is 5.75 Å². The molecule has 1 aromatic rings. The van der Waals surface area contributed by atoms with Crippen molar-refractivity contribution in [3.63, 3.8) is 0 Å². The number of halogens is 1. The summed E-state index contributed by atoms with van der Waals surface area (Å²) < 4.78 is 6.17. The Bertz CT molecular complexity index is 364. The molecule has 80 valence electrons. The van der Waals surface area contributed by atoms with Crippen LogP contribution in [0.3, 0.4) is 0 Å². The van der Waals surface area contributed by atoms with Crippen LogP contribution in [0.4, 0.5) is 4.79 Å². The van der Waals surface area contributed by atoms with Crippen LogP contribution in [0.25, 0.3) is 0 Å². The number of urea groups is 1. The second kappa shape index (κ2) is 5.54. The summed E-state index contributed by atoms with van der Waals surface area (Å²) >= 11 is 2.16. The number of carbonyl (C=O) groups is 2. The lowest BCUT2D eigenvalue weighted by molar-refractivity contribution is -0.121. The molecule has 3 amide bonds. The van der Waals surface area contributed by atoms with E-state index in [1.165, 1.54) is 0 Å². The standard InChI is InChI=1S/C9H9IN2O3/c10-6-1-3-7(4-2-6)15-5-8(13)12-9(11)14/h1-4H,5H2,(H3,11,12,13,14). The average molecular weight is 320 g/mol. The minimum Gasteiger partial charge on any atom is -0.484 e. The van der Waals surface area contributed by atoms with Crippen LogP contribution in [0.5, 0.6) is 5.75 Å². The molecule has 0 aliphatic carbocycles. The molecule has 0 aliphatic rings. The fourth-order valence-electron chi connectivity index (χ4n) is 0.853. The number of benzene rings is 1. The van der Waals surface area contributed by atoms with E-state index in [4.69, 9.17) is 10.5 Å². The summed E-state index contributed by atoms with van der Waals surface area (Å²) in [5.74, 6) is -0.00362. The van der Waals surface area contributed by atoms with Crippen molar-refractivity contribution < 1.29 is 14.3 Å². The lowest BCUT2D eigenvalue weighted by Gasteiger charge is -2.04. The van der Waals surface area contributed by atoms with Gasteiger partial charge in [-0.05, 0) is 46.9 Å². The second-order valence-corrected chi connectivity index (χ2v) is 3.90. The maximum Gasteiger partial charge on any atom is 0.318 e. The molecule has 0 atom stereocenters. The van der Waals surface area contributed by atoms with Crippen LogP contribution in [0.1, 0.15) is 0 Å². The average Bonchev–Trinajstić information content (AvgIpc) is 2.16. The highest BCUT2D eigenvalue weighted by molar-refractivity contribution is 14.1. The molecule has 6 heteroatoms. The third kappa shape index (κ3) is 4.63. The molecular formula is C9H9IN2O3. The minimum atomic E-state index is -0.883. The van der Waals surface area contributed by atoms with Gasteiger partial charge in [0.15, 0.2) is 6.61 Å². The van der Waals surface area contributed by atoms with Crippen LogP contribution in [0.2, 0.25) is 0 Å². The van der Waals surface area contributed by atoms with Crippen molar-refractivity contribution in [1.29, 1.82) is 0 Å². The Labute approximate surface area is 100 Å². The Kier molecular flexibility index (Phi) is 4.35. The van der Waals surface area contributed by atoms with Crippen LogP contribution < -0.4 is 15.8 Å². The molecule has 0 saturated heterocycles. The highest BCUT2D eigenvalue weighted by Gasteiger charge is 2.04. The van der Waals surface area contributed by atoms with E-state index in [2.05, 4.69) is 22.6 Å². The molecule has 0 aliphatic heterocycles. The fraction of sp³-hybridized carbons (Fsp3) is 0.111. The molecule has 0 bridgehead atoms. The van der Waals surface area contributed by atoms with Crippen molar-refractivity contribution in [1.82, 2.24) is 5.32 Å². The topological polar surface area (TPSA) is 81.4 Å². The number of nitrogens with one attached hydrogen (secondary N) is 1. The molecular weight excluding hydrogens is 311 g/mol. The molecule has 15 heavy (non-hydrogen) atoms. The maximum atomic E-state index is 11.0. The molecule has 3 N–H and O–H groups in total. The normalized spacial score (nSPS) is 9.40. The Balaban J connectivity index is 2.40. The first-order valence-corrected chi connectivity index (χ1v) is 5.13. The van der Waals surface area contributed by atoms with Crippen molar-refractivity contribution in [3.8, 4) is 5.75 Å². The number of carbonyl (C=O) groups excluding carboxylic acids is 2. The Morgan fingerprint density at radius 1 is 1.33 bits per heavy atom. The molecule has 1 rings (SSSR count). The quantitative estimate of drug-likeness (QED) is 0.811. The van der Waals surface area contributed by atoms with Gasteiger partial charge in [-0.2, -0.15) is 0 Å². The summed E-state index contributed by atoms with van der Waals surface area (Å²) in [6, 6.07) is 6.29. The number of imide groups is 1. The van der Waals surface area contributed by atoms with Crippen molar-refractivity contribution >= 4 is 34.5 Å². The first kappa shape index (κ1) is 11.8. The van der Waals surface area contributed by atoms with Crippen LogP contribution in [-0.2, 0) is 4.79 Å². The Morgan fingerprint density at radius 2 is 1.93 bits per heavy atom. The first-order chi connectivity index (χ1) is 7.08. The van der Waals surface area contributed by atoms with E-state index in [1.807, 2.05) is 17.4 Å². The van der Waals surface area contributed by atoms with Gasteiger partial charge in [0, 0.05) is 3.57 Å². The van der Waals surface area contributed by atoms with E-state index in [-0.39, 0.29) is 6.61 Å². The van der Waals surface area contributed by atoms with Gasteiger partial charge in [0.2, 0.25) is 0 Å². The van der Waals surface area contributed by atoms with Gasteiger partial charge in [-0.15, -0.1) is 0 Å². The molecule has 0 radical (unpaired) electrons. The fourth-order valence-corrected chi connectivity index (χ4v) is 1.21. The van der Waals surface area contributed by atoms with Crippen LogP contribution >= 0.6 is 22.6 Å². The minimum absolute atomic E-state index is 0.233.